The molecule has 0 saturated carbocycles. The van der Waals surface area contributed by atoms with Gasteiger partial charge in [0.1, 0.15) is 108 Å². The van der Waals surface area contributed by atoms with Crippen LogP contribution < -0.4 is 93.8 Å². The average Bonchev–Trinajstić information content (AvgIpc) is 0.819. The van der Waals surface area contributed by atoms with Gasteiger partial charge in [-0.25, -0.2) is 11.0 Å². The number of rotatable bonds is 36. The van der Waals surface area contributed by atoms with E-state index >= 15 is 0 Å². The van der Waals surface area contributed by atoms with Gasteiger partial charge in [-0.3, -0.25) is 39.2 Å². The number of ether oxygens (including phenoxy) is 13. The second-order valence-corrected chi connectivity index (χ2v) is 29.3. The third-order valence-corrected chi connectivity index (χ3v) is 19.8. The van der Waals surface area contributed by atoms with Crippen LogP contribution in [0.25, 0.3) is 58.7 Å². The Labute approximate surface area is 801 Å². The monoisotopic (exact) mass is 1910 g/mol. The minimum Gasteiger partial charge on any atom is -0.497 e. The molecule has 0 aliphatic carbocycles. The van der Waals surface area contributed by atoms with Crippen molar-refractivity contribution in [3.63, 3.8) is 0 Å². The minimum absolute atomic E-state index is 0.125. The summed E-state index contributed by atoms with van der Waals surface area (Å²) in [7, 11) is 19.2. The van der Waals surface area contributed by atoms with Crippen molar-refractivity contribution in [3.8, 4) is 97.0 Å². The molecule has 12 rings (SSSR count). The molecule has 27 nitrogen and oxygen atoms in total. The second kappa shape index (κ2) is 59.9. The zero-order valence-corrected chi connectivity index (χ0v) is 79.5. The number of likely N-dealkylation sites (N-methyl/N-ethyl adjacent to an activating group) is 4. The molecule has 0 radical (unpaired) electrons. The Bertz CT molecular complexity index is 5950. The normalized spacial score (nSPS) is 10.5. The van der Waals surface area contributed by atoms with Crippen LogP contribution in [0, 0.1) is 6.92 Å². The number of benzene rings is 12. The first-order valence-electron chi connectivity index (χ1n) is 42.3. The maximum atomic E-state index is 11.4. The van der Waals surface area contributed by atoms with Crippen molar-refractivity contribution in [2.75, 3.05) is 98.3 Å². The summed E-state index contributed by atoms with van der Waals surface area (Å²) in [6, 6.07) is 84.0. The van der Waals surface area contributed by atoms with Gasteiger partial charge in [0, 0.05) is 116 Å². The summed E-state index contributed by atoms with van der Waals surface area (Å²) in [6.07, 6.45) is 18.5. The molecule has 0 unspecified atom stereocenters. The Hall–Kier alpha value is -16.3. The van der Waals surface area contributed by atoms with Gasteiger partial charge in [0.25, 0.3) is 11.8 Å². The third kappa shape index (κ3) is 37.9. The molecule has 0 aromatic heterocycles. The predicted molar refractivity (Wildman–Crippen MR) is 534 cm³/mol. The van der Waals surface area contributed by atoms with Gasteiger partial charge in [-0.15, -0.1) is 0 Å². The molecule has 0 fully saturated rings. The maximum absolute atomic E-state index is 11.4. The van der Waals surface area contributed by atoms with Gasteiger partial charge >= 0.3 is 0 Å². The molecule has 136 heavy (non-hydrogen) atoms. The highest BCUT2D eigenvalue weighted by molar-refractivity contribution is 9.10. The topological polar surface area (TPSA) is 335 Å². The van der Waals surface area contributed by atoms with Crippen LogP contribution in [0.4, 0.5) is 0 Å². The number of amides is 6. The number of halogens is 1. The molecule has 0 bridgehead atoms. The third-order valence-electron chi connectivity index (χ3n) is 19.3. The fourth-order valence-electron chi connectivity index (χ4n) is 11.8. The lowest BCUT2D eigenvalue weighted by molar-refractivity contribution is -0.124. The van der Waals surface area contributed by atoms with E-state index in [1.54, 1.807) is 175 Å². The zero-order chi connectivity index (χ0) is 98.2. The molecule has 28 heteroatoms. The first-order chi connectivity index (χ1) is 66.0. The molecule has 708 valence electrons. The van der Waals surface area contributed by atoms with Gasteiger partial charge in [-0.05, 0) is 215 Å². The van der Waals surface area contributed by atoms with Gasteiger partial charge in [-0.2, -0.15) is 0 Å². The summed E-state index contributed by atoms with van der Waals surface area (Å²) in [5.74, 6) is 7.15. The van der Waals surface area contributed by atoms with E-state index in [2.05, 4.69) is 37.2 Å². The number of carbonyl (C=O) groups is 6. The lowest BCUT2D eigenvalue weighted by Crippen LogP contribution is -2.14. The van der Waals surface area contributed by atoms with Gasteiger partial charge in [-0.1, -0.05) is 143 Å². The Balaban J connectivity index is 0.000000223. The number of methoxy groups -OCH3 is 8. The van der Waals surface area contributed by atoms with Crippen molar-refractivity contribution in [3.05, 3.63) is 363 Å². The Morgan fingerprint density at radius 1 is 0.272 bits per heavy atom. The highest BCUT2D eigenvalue weighted by atomic mass is 79.9. The van der Waals surface area contributed by atoms with E-state index in [9.17, 15) is 28.8 Å². The number of hydrogen-bond donors (Lipinski definition) is 8. The van der Waals surface area contributed by atoms with Gasteiger partial charge in [0.15, 0.2) is 0 Å². The smallest absolute Gasteiger partial charge is 0.267 e. The molecule has 0 spiro atoms. The Morgan fingerprint density at radius 3 is 0.860 bits per heavy atom. The van der Waals surface area contributed by atoms with Crippen molar-refractivity contribution in [1.82, 2.24) is 32.2 Å². The maximum Gasteiger partial charge on any atom is 0.267 e. The van der Waals surface area contributed by atoms with Crippen LogP contribution in [0.1, 0.15) is 55.6 Å². The number of hydroxylamine groups is 2. The first kappa shape index (κ1) is 107. The van der Waals surface area contributed by atoms with E-state index in [-0.39, 0.29) is 23.6 Å². The molecule has 0 aliphatic heterocycles. The van der Waals surface area contributed by atoms with Crippen LogP contribution in [0.3, 0.4) is 0 Å². The van der Waals surface area contributed by atoms with E-state index in [4.69, 9.17) is 72.0 Å². The van der Waals surface area contributed by atoms with Crippen LogP contribution in [0.2, 0.25) is 0 Å². The van der Waals surface area contributed by atoms with Crippen LogP contribution >= 0.6 is 15.9 Å². The van der Waals surface area contributed by atoms with E-state index in [0.29, 0.717) is 90.2 Å². The quantitative estimate of drug-likeness (QED) is 0.00782. The standard InChI is InChI=1S/C20H23NO5.C18H19NO5.C18H19NO4.C18H19NO3.C17H16BrNO2.C17H17NO2/c1-21-20(22)11-5-15-4-6-18(24-3)14-19(15)26-13-12-25-17-9-7-16(23-2)8-10-17;1-22-15-7-3-13(4-8-15)12-24-17-11-16(23-2)9-5-14(17)6-10-18(20)19-21;1-13-3-5-14(6-4-13)12-23-17-11-16(22-2)9-7-15(17)8-10-18(20)19-21;1-19-18(20)11-9-15-8-10-16(21-2)12-17(15)22-13-14-6-4-3-5-7-14;1-19-17(20)10-6-13-5-9-15(21-2)11-16(13)12-3-7-14(18)8-4-12;1-18-17(19)11-9-14-8-10-15(20-2)12-16(14)13-6-4-3-5-7-13/h4-11,14H,12-13H2,1-3H3,(H,21,22);3-11,21H,12H2,1-2H3,(H,19,20);3-11,21H,12H2,1-2H3,(H,19,20);3-12H,13H2,1-2H3,(H,19,20);3-11H,1-2H3,(H,19,20);3-12H,1-2H3,(H,18,19)/b11-5+;10-6+;10-8+;11-9+;10-6+;11-9+. The van der Waals surface area contributed by atoms with Gasteiger partial charge in [0.05, 0.1) is 56.9 Å². The van der Waals surface area contributed by atoms with Crippen LogP contribution in [-0.4, -0.2) is 144 Å². The molecule has 0 atom stereocenters. The minimum atomic E-state index is -0.619. The van der Waals surface area contributed by atoms with Crippen LogP contribution in [-0.2, 0) is 48.6 Å². The largest absolute Gasteiger partial charge is 0.497 e. The van der Waals surface area contributed by atoms with Crippen molar-refractivity contribution < 1.29 is 101 Å². The van der Waals surface area contributed by atoms with Crippen molar-refractivity contribution in [1.29, 1.82) is 0 Å². The number of nitrogens with one attached hydrogen (secondary N) is 6. The fourth-order valence-corrected chi connectivity index (χ4v) is 12.1. The summed E-state index contributed by atoms with van der Waals surface area (Å²) in [5, 5.41) is 27.3. The van der Waals surface area contributed by atoms with Crippen molar-refractivity contribution >= 4 is 87.8 Å². The number of carbonyl (C=O) groups excluding carboxylic acids is 6. The van der Waals surface area contributed by atoms with Crippen molar-refractivity contribution in [2.24, 2.45) is 0 Å². The number of aryl methyl sites for hydroxylation is 1. The second-order valence-electron chi connectivity index (χ2n) is 28.4. The Morgan fingerprint density at radius 2 is 0.529 bits per heavy atom. The molecular weight excluding hydrogens is 1800 g/mol. The summed E-state index contributed by atoms with van der Waals surface area (Å²) < 4.78 is 71.7. The van der Waals surface area contributed by atoms with E-state index in [0.717, 1.165) is 94.4 Å². The van der Waals surface area contributed by atoms with Gasteiger partial charge < -0.3 is 82.8 Å². The summed E-state index contributed by atoms with van der Waals surface area (Å²) >= 11 is 3.43. The van der Waals surface area contributed by atoms with E-state index in [1.807, 2.05) is 231 Å². The fraction of sp³-hybridized carbons (Fsp3) is 0.167. The van der Waals surface area contributed by atoms with E-state index < -0.39 is 11.8 Å². The molecule has 12 aromatic rings. The number of hydrogen-bond acceptors (Lipinski definition) is 21. The Kier molecular flexibility index (Phi) is 47.0. The first-order valence-corrected chi connectivity index (χ1v) is 43.1. The molecule has 12 aromatic carbocycles. The molecule has 8 N–H and O–H groups in total. The molecular formula is C108H113BrN6O21. The SMILES string of the molecule is CNC(=O)/C=C/c1ccc(OC)cc1-c1ccc(Br)cc1.CNC(=O)/C=C/c1ccc(OC)cc1-c1ccccc1.CNC(=O)/C=C/c1ccc(OC)cc1OCCOc1ccc(OC)cc1.CNC(=O)/C=C/c1ccc(OC)cc1OCc1ccccc1.COc1ccc(/C=C/C(=O)NO)c(OCc2ccc(C)cc2)c1.COc1ccc(COc2cc(OC)ccc2/C=C/C(=O)NO)cc1. The zero-order valence-electron chi connectivity index (χ0n) is 77.9. The predicted octanol–water partition coefficient (Wildman–Crippen LogP) is 18.9. The molecule has 0 aliphatic rings. The highest BCUT2D eigenvalue weighted by Gasteiger charge is 2.14. The van der Waals surface area contributed by atoms with E-state index in [1.165, 1.54) is 42.0 Å². The van der Waals surface area contributed by atoms with Crippen molar-refractivity contribution in [2.45, 2.75) is 26.7 Å². The highest BCUT2D eigenvalue weighted by Crippen LogP contribution is 2.35. The summed E-state index contributed by atoms with van der Waals surface area (Å²) in [4.78, 5) is 67.7. The molecule has 0 saturated heterocycles. The summed E-state index contributed by atoms with van der Waals surface area (Å²) in [6.45, 7) is 3.96. The average molecular weight is 1910 g/mol. The molecule has 0 heterocycles. The van der Waals surface area contributed by atoms with Crippen LogP contribution in [0.5, 0.6) is 74.7 Å². The summed E-state index contributed by atoms with van der Waals surface area (Å²) in [5.41, 5.74) is 16.5. The lowest BCUT2D eigenvalue weighted by Gasteiger charge is -2.12. The van der Waals surface area contributed by atoms with Crippen LogP contribution in [0.15, 0.2) is 308 Å². The lowest BCUT2D eigenvalue weighted by atomic mass is 9.99. The molecule has 6 amide bonds. The van der Waals surface area contributed by atoms with Gasteiger partial charge in [0.2, 0.25) is 23.6 Å².